The van der Waals surface area contributed by atoms with Crippen LogP contribution in [0.4, 0.5) is 0 Å². The van der Waals surface area contributed by atoms with Gasteiger partial charge in [0.25, 0.3) is 0 Å². The summed E-state index contributed by atoms with van der Waals surface area (Å²) < 4.78 is 16.9. The van der Waals surface area contributed by atoms with E-state index >= 15 is 0 Å². The van der Waals surface area contributed by atoms with E-state index in [2.05, 4.69) is 13.8 Å². The Morgan fingerprint density at radius 3 is 1.68 bits per heavy atom. The second-order valence-corrected chi connectivity index (χ2v) is 13.1. The Hall–Kier alpha value is -3.58. The van der Waals surface area contributed by atoms with Gasteiger partial charge in [0, 0.05) is 10.5 Å². The van der Waals surface area contributed by atoms with Gasteiger partial charge in [0.1, 0.15) is 11.5 Å². The summed E-state index contributed by atoms with van der Waals surface area (Å²) in [5, 5.41) is -0.0877. The average molecular weight is 661 g/mol. The van der Waals surface area contributed by atoms with Gasteiger partial charge >= 0.3 is 11.9 Å². The molecular formula is C40H52O6S. The van der Waals surface area contributed by atoms with Gasteiger partial charge in [-0.25, -0.2) is 9.59 Å². The van der Waals surface area contributed by atoms with E-state index in [1.807, 2.05) is 19.1 Å². The highest BCUT2D eigenvalue weighted by Crippen LogP contribution is 2.25. The average Bonchev–Trinajstić information content (AvgIpc) is 3.08. The van der Waals surface area contributed by atoms with Crippen LogP contribution in [0.5, 0.6) is 11.5 Å². The van der Waals surface area contributed by atoms with E-state index in [1.54, 1.807) is 60.7 Å². The molecule has 1 atom stereocenters. The summed E-state index contributed by atoms with van der Waals surface area (Å²) in [5.74, 6) is 0.184. The van der Waals surface area contributed by atoms with Crippen LogP contribution < -0.4 is 9.47 Å². The van der Waals surface area contributed by atoms with Gasteiger partial charge in [-0.1, -0.05) is 84.5 Å². The van der Waals surface area contributed by atoms with Gasteiger partial charge in [0.15, 0.2) is 0 Å². The molecule has 0 aliphatic carbocycles. The lowest BCUT2D eigenvalue weighted by Crippen LogP contribution is -2.15. The number of hydrogen-bond acceptors (Lipinski definition) is 7. The first kappa shape index (κ1) is 37.9. The van der Waals surface area contributed by atoms with Gasteiger partial charge in [-0.05, 0) is 111 Å². The number of ether oxygens (including phenoxy) is 3. The molecule has 1 unspecified atom stereocenters. The Labute approximate surface area is 286 Å². The molecular weight excluding hydrogens is 609 g/mol. The van der Waals surface area contributed by atoms with Crippen LogP contribution >= 0.6 is 11.8 Å². The van der Waals surface area contributed by atoms with Gasteiger partial charge in [-0.3, -0.25) is 4.79 Å². The highest BCUT2D eigenvalue weighted by Gasteiger charge is 2.15. The molecule has 0 heterocycles. The van der Waals surface area contributed by atoms with Crippen molar-refractivity contribution in [3.05, 3.63) is 89.5 Å². The first-order valence-electron chi connectivity index (χ1n) is 17.5. The third-order valence-corrected chi connectivity index (χ3v) is 8.91. The third kappa shape index (κ3) is 14.8. The van der Waals surface area contributed by atoms with Gasteiger partial charge in [-0.2, -0.15) is 0 Å². The molecule has 254 valence electrons. The van der Waals surface area contributed by atoms with Gasteiger partial charge in [-0.15, -0.1) is 0 Å². The fourth-order valence-corrected chi connectivity index (χ4v) is 5.85. The number of hydrogen-bond donors (Lipinski definition) is 0. The zero-order chi connectivity index (χ0) is 33.7. The SMILES string of the molecule is CCCCCCCCCCCOc1ccc(C(=O)Sc2ccc(C(=O)Oc3ccc(C(=O)OC(C)CCCCCC)cc3)cc2)cc1. The highest BCUT2D eigenvalue weighted by molar-refractivity contribution is 8.14. The molecule has 3 aromatic rings. The van der Waals surface area contributed by atoms with Crippen LogP contribution in [0.1, 0.15) is 142 Å². The fraction of sp³-hybridized carbons (Fsp3) is 0.475. The van der Waals surface area contributed by atoms with Crippen LogP contribution in [0.15, 0.2) is 77.7 Å². The van der Waals surface area contributed by atoms with Crippen molar-refractivity contribution in [2.75, 3.05) is 6.61 Å². The molecule has 0 aromatic heterocycles. The van der Waals surface area contributed by atoms with Crippen LogP contribution in [0.25, 0.3) is 0 Å². The van der Waals surface area contributed by atoms with Crippen LogP contribution in [0.3, 0.4) is 0 Å². The summed E-state index contributed by atoms with van der Waals surface area (Å²) in [6.45, 7) is 7.01. The van der Waals surface area contributed by atoms with Crippen LogP contribution in [-0.4, -0.2) is 29.8 Å². The molecule has 47 heavy (non-hydrogen) atoms. The minimum absolute atomic E-state index is 0.0877. The summed E-state index contributed by atoms with van der Waals surface area (Å²) >= 11 is 1.10. The minimum atomic E-state index is -0.526. The zero-order valence-corrected chi connectivity index (χ0v) is 29.3. The summed E-state index contributed by atoms with van der Waals surface area (Å²) in [6, 6.07) is 20.3. The van der Waals surface area contributed by atoms with Crippen molar-refractivity contribution in [1.29, 1.82) is 0 Å². The molecule has 0 radical (unpaired) electrons. The van der Waals surface area contributed by atoms with Crippen LogP contribution in [-0.2, 0) is 4.74 Å². The molecule has 0 amide bonds. The number of unbranched alkanes of at least 4 members (excludes halogenated alkanes) is 11. The molecule has 3 rings (SSSR count). The fourth-order valence-electron chi connectivity index (χ4n) is 5.11. The lowest BCUT2D eigenvalue weighted by molar-refractivity contribution is 0.0319. The third-order valence-electron chi connectivity index (χ3n) is 7.98. The van der Waals surface area contributed by atoms with Crippen LogP contribution in [0, 0.1) is 0 Å². The molecule has 0 N–H and O–H groups in total. The maximum absolute atomic E-state index is 12.8. The number of carbonyl (C=O) groups is 3. The molecule has 0 saturated carbocycles. The number of esters is 2. The summed E-state index contributed by atoms with van der Waals surface area (Å²) in [5.41, 5.74) is 1.35. The number of thioether (sulfide) groups is 1. The minimum Gasteiger partial charge on any atom is -0.494 e. The Balaban J connectivity index is 1.37. The summed E-state index contributed by atoms with van der Waals surface area (Å²) in [6.07, 6.45) is 16.7. The predicted octanol–water partition coefficient (Wildman–Crippen LogP) is 11.3. The van der Waals surface area contributed by atoms with Gasteiger partial charge in [0.05, 0.1) is 23.8 Å². The lowest BCUT2D eigenvalue weighted by Gasteiger charge is -2.13. The molecule has 7 heteroatoms. The van der Waals surface area contributed by atoms with Crippen molar-refractivity contribution in [3.8, 4) is 11.5 Å². The number of carbonyl (C=O) groups excluding carboxylic acids is 3. The Kier molecular flexibility index (Phi) is 17.8. The van der Waals surface area contributed by atoms with E-state index < -0.39 is 5.97 Å². The van der Waals surface area contributed by atoms with Crippen molar-refractivity contribution in [1.82, 2.24) is 0 Å². The Morgan fingerprint density at radius 1 is 0.574 bits per heavy atom. The molecule has 6 nitrogen and oxygen atoms in total. The zero-order valence-electron chi connectivity index (χ0n) is 28.5. The normalized spacial score (nSPS) is 11.6. The van der Waals surface area contributed by atoms with Crippen molar-refractivity contribution in [2.24, 2.45) is 0 Å². The van der Waals surface area contributed by atoms with E-state index in [0.29, 0.717) is 29.0 Å². The maximum atomic E-state index is 12.8. The molecule has 3 aromatic carbocycles. The van der Waals surface area contributed by atoms with E-state index in [0.717, 1.165) is 48.1 Å². The summed E-state index contributed by atoms with van der Waals surface area (Å²) in [7, 11) is 0. The van der Waals surface area contributed by atoms with Crippen molar-refractivity contribution in [2.45, 2.75) is 122 Å². The maximum Gasteiger partial charge on any atom is 0.343 e. The number of rotatable bonds is 22. The van der Waals surface area contributed by atoms with Crippen molar-refractivity contribution < 1.29 is 28.6 Å². The first-order chi connectivity index (χ1) is 22.9. The highest BCUT2D eigenvalue weighted by atomic mass is 32.2. The second-order valence-electron chi connectivity index (χ2n) is 12.1. The van der Waals surface area contributed by atoms with Crippen LogP contribution in [0.2, 0.25) is 0 Å². The molecule has 0 aliphatic heterocycles. The van der Waals surface area contributed by atoms with E-state index in [1.165, 1.54) is 64.2 Å². The monoisotopic (exact) mass is 660 g/mol. The van der Waals surface area contributed by atoms with Crippen molar-refractivity contribution in [3.63, 3.8) is 0 Å². The Bertz CT molecular complexity index is 1330. The molecule has 0 saturated heterocycles. The molecule has 0 spiro atoms. The van der Waals surface area contributed by atoms with Gasteiger partial charge < -0.3 is 14.2 Å². The van der Waals surface area contributed by atoms with E-state index in [4.69, 9.17) is 14.2 Å². The molecule has 0 fully saturated rings. The number of benzene rings is 3. The van der Waals surface area contributed by atoms with Gasteiger partial charge in [0.2, 0.25) is 5.12 Å². The molecule has 0 bridgehead atoms. The standard InChI is InChI=1S/C40H52O6S/c1-4-6-8-10-11-12-13-14-16-30-44-35-24-20-34(21-25-35)40(43)47-37-28-22-33(23-29-37)39(42)46-36-26-18-32(19-27-36)38(41)45-31(3)17-15-9-7-5-2/h18-29,31H,4-17,30H2,1-3H3. The smallest absolute Gasteiger partial charge is 0.343 e. The lowest BCUT2D eigenvalue weighted by atomic mass is 10.1. The predicted molar refractivity (Wildman–Crippen MR) is 191 cm³/mol. The second kappa shape index (κ2) is 22.1. The largest absolute Gasteiger partial charge is 0.494 e. The van der Waals surface area contributed by atoms with Crippen molar-refractivity contribution >= 4 is 28.8 Å². The first-order valence-corrected chi connectivity index (χ1v) is 18.3. The summed E-state index contributed by atoms with van der Waals surface area (Å²) in [4.78, 5) is 38.7. The Morgan fingerprint density at radius 2 is 1.06 bits per heavy atom. The topological polar surface area (TPSA) is 78.9 Å². The molecule has 0 aliphatic rings. The quantitative estimate of drug-likeness (QED) is 0.0459. The van der Waals surface area contributed by atoms with E-state index in [-0.39, 0.29) is 17.2 Å². The van der Waals surface area contributed by atoms with E-state index in [9.17, 15) is 14.4 Å².